The van der Waals surface area contributed by atoms with Crippen LogP contribution in [0.15, 0.2) is 54.1 Å². The molecule has 7 nitrogen and oxygen atoms in total. The number of hydrogen-bond acceptors (Lipinski definition) is 5. The van der Waals surface area contributed by atoms with Crippen LogP contribution in [-0.4, -0.2) is 15.9 Å². The third-order valence-corrected chi connectivity index (χ3v) is 3.52. The molecule has 0 aliphatic rings. The normalized spacial score (nSPS) is 12.1. The minimum absolute atomic E-state index is 0.170. The molecule has 25 heavy (non-hydrogen) atoms. The van der Waals surface area contributed by atoms with Gasteiger partial charge >= 0.3 is 5.69 Å². The highest BCUT2D eigenvalue weighted by atomic mass is 16.6. The molecule has 2 aromatic rings. The summed E-state index contributed by atoms with van der Waals surface area (Å²) in [4.78, 5) is 22.2. The van der Waals surface area contributed by atoms with E-state index < -0.39 is 22.3 Å². The van der Waals surface area contributed by atoms with E-state index in [0.717, 1.165) is 17.7 Å². The third kappa shape index (κ3) is 4.42. The molecule has 126 valence electrons. The van der Waals surface area contributed by atoms with E-state index in [2.05, 4.69) is 5.32 Å². The summed E-state index contributed by atoms with van der Waals surface area (Å²) >= 11 is 0. The maximum absolute atomic E-state index is 12.2. The van der Waals surface area contributed by atoms with Crippen molar-refractivity contribution in [1.82, 2.24) is 5.32 Å². The smallest absolute Gasteiger partial charge is 0.310 e. The van der Waals surface area contributed by atoms with Crippen molar-refractivity contribution in [2.75, 3.05) is 0 Å². The number of amides is 1. The van der Waals surface area contributed by atoms with Crippen molar-refractivity contribution in [3.8, 4) is 11.8 Å². The maximum atomic E-state index is 12.2. The molecule has 0 fully saturated rings. The van der Waals surface area contributed by atoms with Crippen molar-refractivity contribution < 1.29 is 14.8 Å². The molecule has 0 saturated heterocycles. The fraction of sp³-hybridized carbons (Fsp3) is 0.111. The van der Waals surface area contributed by atoms with Crippen LogP contribution in [0.5, 0.6) is 5.75 Å². The second-order valence-electron chi connectivity index (χ2n) is 5.28. The lowest BCUT2D eigenvalue weighted by atomic mass is 10.1. The topological polar surface area (TPSA) is 116 Å². The Balaban J connectivity index is 2.20. The van der Waals surface area contributed by atoms with Gasteiger partial charge in [0.1, 0.15) is 11.6 Å². The van der Waals surface area contributed by atoms with Crippen LogP contribution in [0, 0.1) is 21.4 Å². The van der Waals surface area contributed by atoms with Gasteiger partial charge in [-0.15, -0.1) is 0 Å². The molecule has 2 aromatic carbocycles. The molecule has 1 atom stereocenters. The monoisotopic (exact) mass is 337 g/mol. The van der Waals surface area contributed by atoms with E-state index in [0.29, 0.717) is 5.56 Å². The number of hydrogen-bond donors (Lipinski definition) is 2. The minimum atomic E-state index is -0.720. The van der Waals surface area contributed by atoms with Gasteiger partial charge in [-0.1, -0.05) is 30.3 Å². The predicted octanol–water partition coefficient (Wildman–Crippen LogP) is 3.08. The number of benzene rings is 2. The first-order chi connectivity index (χ1) is 11.9. The molecule has 0 radical (unpaired) electrons. The van der Waals surface area contributed by atoms with Crippen LogP contribution in [0.25, 0.3) is 6.08 Å². The van der Waals surface area contributed by atoms with Gasteiger partial charge in [0.15, 0.2) is 5.75 Å². The van der Waals surface area contributed by atoms with Gasteiger partial charge in [-0.2, -0.15) is 5.26 Å². The molecule has 0 saturated carbocycles. The van der Waals surface area contributed by atoms with Crippen molar-refractivity contribution in [3.63, 3.8) is 0 Å². The van der Waals surface area contributed by atoms with E-state index in [1.807, 2.05) is 30.3 Å². The Morgan fingerprint density at radius 2 is 2.00 bits per heavy atom. The van der Waals surface area contributed by atoms with E-state index in [4.69, 9.17) is 0 Å². The highest BCUT2D eigenvalue weighted by Crippen LogP contribution is 2.27. The van der Waals surface area contributed by atoms with Gasteiger partial charge < -0.3 is 10.4 Å². The van der Waals surface area contributed by atoms with Crippen molar-refractivity contribution in [2.24, 2.45) is 0 Å². The Morgan fingerprint density at radius 1 is 1.32 bits per heavy atom. The quantitative estimate of drug-likeness (QED) is 0.376. The number of nitro groups is 1. The lowest BCUT2D eigenvalue weighted by molar-refractivity contribution is -0.385. The first-order valence-corrected chi connectivity index (χ1v) is 7.37. The van der Waals surface area contributed by atoms with Gasteiger partial charge in [0, 0.05) is 6.07 Å². The average molecular weight is 337 g/mol. The van der Waals surface area contributed by atoms with Gasteiger partial charge in [-0.25, -0.2) is 0 Å². The zero-order valence-electron chi connectivity index (χ0n) is 13.3. The van der Waals surface area contributed by atoms with Crippen molar-refractivity contribution >= 4 is 17.7 Å². The molecule has 0 bridgehead atoms. The summed E-state index contributed by atoms with van der Waals surface area (Å²) in [5.41, 5.74) is 0.581. The van der Waals surface area contributed by atoms with Gasteiger partial charge in [0.2, 0.25) is 0 Å². The molecular formula is C18H15N3O4. The molecule has 0 aliphatic heterocycles. The Bertz CT molecular complexity index is 870. The summed E-state index contributed by atoms with van der Waals surface area (Å²) in [6.07, 6.45) is 1.26. The largest absolute Gasteiger partial charge is 0.502 e. The molecule has 0 heterocycles. The number of nitrogens with one attached hydrogen (secondary N) is 1. The molecule has 2 N–H and O–H groups in total. The van der Waals surface area contributed by atoms with E-state index in [1.165, 1.54) is 12.1 Å². The van der Waals surface area contributed by atoms with Crippen molar-refractivity contribution in [2.45, 2.75) is 13.0 Å². The van der Waals surface area contributed by atoms with E-state index in [1.54, 1.807) is 13.0 Å². The summed E-state index contributed by atoms with van der Waals surface area (Å²) in [5.74, 6) is -1.11. The molecule has 2 rings (SSSR count). The Hall–Kier alpha value is -3.66. The highest BCUT2D eigenvalue weighted by Gasteiger charge is 2.16. The number of nitro benzene ring substituents is 1. The third-order valence-electron chi connectivity index (χ3n) is 3.52. The standard InChI is InChI=1S/C18H15N3O4/c1-12(14-5-3-2-4-6-14)20-18(23)15(11-19)9-13-7-8-16(21(24)25)17(22)10-13/h2-10,12,22H,1H3,(H,20,23)/b15-9+/t12-/m0/s1. The second-order valence-corrected chi connectivity index (χ2v) is 5.28. The number of carbonyl (C=O) groups is 1. The lowest BCUT2D eigenvalue weighted by Gasteiger charge is -2.13. The SMILES string of the molecule is C[C@H](NC(=O)/C(C#N)=C/c1ccc([N+](=O)[O-])c(O)c1)c1ccccc1. The summed E-state index contributed by atoms with van der Waals surface area (Å²) in [6.45, 7) is 1.79. The molecule has 1 amide bonds. The number of nitriles is 1. The number of carbonyl (C=O) groups excluding carboxylic acids is 1. The minimum Gasteiger partial charge on any atom is -0.502 e. The number of rotatable bonds is 5. The van der Waals surface area contributed by atoms with Crippen LogP contribution >= 0.6 is 0 Å². The number of nitrogens with zero attached hydrogens (tertiary/aromatic N) is 2. The summed E-state index contributed by atoms with van der Waals surface area (Å²) in [6, 6.07) is 14.4. The van der Waals surface area contributed by atoms with Crippen LogP contribution in [-0.2, 0) is 4.79 Å². The van der Waals surface area contributed by atoms with Crippen LogP contribution < -0.4 is 5.32 Å². The van der Waals surface area contributed by atoms with Gasteiger partial charge in [-0.05, 0) is 36.3 Å². The molecule has 7 heteroatoms. The fourth-order valence-electron chi connectivity index (χ4n) is 2.20. The number of phenols is 1. The van der Waals surface area contributed by atoms with Crippen LogP contribution in [0.2, 0.25) is 0 Å². The Kier molecular flexibility index (Phi) is 5.48. The van der Waals surface area contributed by atoms with Gasteiger partial charge in [0.25, 0.3) is 5.91 Å². The average Bonchev–Trinajstić information content (AvgIpc) is 2.60. The molecule has 0 unspecified atom stereocenters. The fourth-order valence-corrected chi connectivity index (χ4v) is 2.20. The number of aromatic hydroxyl groups is 1. The maximum Gasteiger partial charge on any atom is 0.310 e. The zero-order chi connectivity index (χ0) is 18.4. The second kappa shape index (κ2) is 7.75. The summed E-state index contributed by atoms with van der Waals surface area (Å²) in [7, 11) is 0. The van der Waals surface area contributed by atoms with Gasteiger partial charge in [-0.3, -0.25) is 14.9 Å². The van der Waals surface area contributed by atoms with E-state index in [9.17, 15) is 25.3 Å². The predicted molar refractivity (Wildman–Crippen MR) is 91.4 cm³/mol. The van der Waals surface area contributed by atoms with E-state index in [-0.39, 0.29) is 11.6 Å². The van der Waals surface area contributed by atoms with Crippen LogP contribution in [0.3, 0.4) is 0 Å². The zero-order valence-corrected chi connectivity index (χ0v) is 13.3. The van der Waals surface area contributed by atoms with Crippen LogP contribution in [0.4, 0.5) is 5.69 Å². The first-order valence-electron chi connectivity index (χ1n) is 7.37. The Labute approximate surface area is 144 Å². The van der Waals surface area contributed by atoms with E-state index >= 15 is 0 Å². The summed E-state index contributed by atoms with van der Waals surface area (Å²) < 4.78 is 0. The Morgan fingerprint density at radius 3 is 2.56 bits per heavy atom. The highest BCUT2D eigenvalue weighted by molar-refractivity contribution is 6.01. The number of phenolic OH excluding ortho intramolecular Hbond substituents is 1. The molecule has 0 aliphatic carbocycles. The molecule has 0 spiro atoms. The van der Waals surface area contributed by atoms with Gasteiger partial charge in [0.05, 0.1) is 11.0 Å². The van der Waals surface area contributed by atoms with Crippen molar-refractivity contribution in [3.05, 3.63) is 75.3 Å². The van der Waals surface area contributed by atoms with Crippen molar-refractivity contribution in [1.29, 1.82) is 5.26 Å². The van der Waals surface area contributed by atoms with Crippen LogP contribution in [0.1, 0.15) is 24.1 Å². The molecule has 0 aromatic heterocycles. The lowest BCUT2D eigenvalue weighted by Crippen LogP contribution is -2.27. The first kappa shape index (κ1) is 17.7. The summed E-state index contributed by atoms with van der Waals surface area (Å²) in [5, 5.41) is 32.2. The molecular weight excluding hydrogens is 322 g/mol.